The van der Waals surface area contributed by atoms with E-state index in [2.05, 4.69) is 22.3 Å². The molecule has 0 aliphatic heterocycles. The van der Waals surface area contributed by atoms with Crippen molar-refractivity contribution in [3.8, 4) is 0 Å². The summed E-state index contributed by atoms with van der Waals surface area (Å²) in [6.45, 7) is 2.66. The molecule has 1 unspecified atom stereocenters. The van der Waals surface area contributed by atoms with E-state index >= 15 is 0 Å². The number of thiol groups is 1. The van der Waals surface area contributed by atoms with Crippen LogP contribution >= 0.6 is 25.0 Å². The molecule has 0 saturated heterocycles. The van der Waals surface area contributed by atoms with Crippen molar-refractivity contribution < 1.29 is 19.1 Å². The zero-order valence-electron chi connectivity index (χ0n) is 10.8. The average Bonchev–Trinajstić information content (AvgIpc) is 2.39. The second kappa shape index (κ2) is 9.16. The number of methoxy groups -OCH3 is 2. The number of thiocarbonyl (C=S) groups is 1. The molecule has 5 nitrogen and oxygen atoms in total. The molecule has 0 rings (SSSR count). The number of esters is 2. The number of rotatable bonds is 7. The first kappa shape index (κ1) is 17.2. The lowest BCUT2D eigenvalue weighted by atomic mass is 10.1. The van der Waals surface area contributed by atoms with Crippen LogP contribution in [0.1, 0.15) is 26.2 Å². The van der Waals surface area contributed by atoms with Gasteiger partial charge in [0.05, 0.1) is 20.6 Å². The Balaban J connectivity index is 4.68. The van der Waals surface area contributed by atoms with Crippen molar-refractivity contribution in [2.45, 2.75) is 26.2 Å². The molecule has 18 heavy (non-hydrogen) atoms. The summed E-state index contributed by atoms with van der Waals surface area (Å²) in [7, 11) is 2.51. The normalized spacial score (nSPS) is 11.6. The predicted octanol–water partition coefficient (Wildman–Crippen LogP) is 1.61. The van der Waals surface area contributed by atoms with Crippen LogP contribution < -0.4 is 0 Å². The van der Waals surface area contributed by atoms with Gasteiger partial charge in [-0.1, -0.05) is 38.4 Å². The van der Waals surface area contributed by atoms with Crippen LogP contribution in [0.5, 0.6) is 0 Å². The number of ether oxygens (including phenoxy) is 2. The Kier molecular flexibility index (Phi) is 8.74. The highest BCUT2D eigenvalue weighted by Crippen LogP contribution is 2.15. The standard InChI is InChI=1S/C11H19NO4S2/c1-4-5-6-12(18)10(17)8(11(14)16-3)7-9(13)15-2/h8,18H,4-7H2,1-3H3. The van der Waals surface area contributed by atoms with Crippen LogP contribution in [0.15, 0.2) is 0 Å². The molecule has 1 atom stereocenters. The smallest absolute Gasteiger partial charge is 0.316 e. The van der Waals surface area contributed by atoms with Crippen molar-refractivity contribution in [1.29, 1.82) is 0 Å². The zero-order chi connectivity index (χ0) is 14.1. The lowest BCUT2D eigenvalue weighted by Crippen LogP contribution is -2.35. The summed E-state index contributed by atoms with van der Waals surface area (Å²) >= 11 is 9.38. The Morgan fingerprint density at radius 1 is 1.33 bits per heavy atom. The van der Waals surface area contributed by atoms with Gasteiger partial charge in [-0.05, 0) is 6.42 Å². The van der Waals surface area contributed by atoms with Gasteiger partial charge >= 0.3 is 11.9 Å². The minimum Gasteiger partial charge on any atom is -0.469 e. The molecule has 0 aromatic heterocycles. The van der Waals surface area contributed by atoms with Crippen molar-refractivity contribution in [3.63, 3.8) is 0 Å². The van der Waals surface area contributed by atoms with E-state index < -0.39 is 17.9 Å². The van der Waals surface area contributed by atoms with Gasteiger partial charge in [-0.2, -0.15) is 0 Å². The van der Waals surface area contributed by atoms with E-state index in [1.807, 2.05) is 6.92 Å². The van der Waals surface area contributed by atoms with E-state index in [0.717, 1.165) is 12.8 Å². The van der Waals surface area contributed by atoms with Gasteiger partial charge in [0.25, 0.3) is 0 Å². The molecule has 104 valence electrons. The summed E-state index contributed by atoms with van der Waals surface area (Å²) < 4.78 is 10.7. The molecule has 0 heterocycles. The zero-order valence-corrected chi connectivity index (χ0v) is 12.6. The number of hydrogen-bond acceptors (Lipinski definition) is 6. The first-order chi connectivity index (χ1) is 8.47. The van der Waals surface area contributed by atoms with E-state index in [9.17, 15) is 9.59 Å². The minimum atomic E-state index is -0.827. The third kappa shape index (κ3) is 5.68. The highest BCUT2D eigenvalue weighted by atomic mass is 32.1. The first-order valence-electron chi connectivity index (χ1n) is 5.62. The van der Waals surface area contributed by atoms with Crippen molar-refractivity contribution >= 4 is 42.0 Å². The fraction of sp³-hybridized carbons (Fsp3) is 0.727. The molecule has 0 aliphatic rings. The van der Waals surface area contributed by atoms with Gasteiger partial charge in [0.2, 0.25) is 0 Å². The highest BCUT2D eigenvalue weighted by Gasteiger charge is 2.29. The van der Waals surface area contributed by atoms with E-state index in [1.54, 1.807) is 0 Å². The fourth-order valence-corrected chi connectivity index (χ4v) is 1.81. The lowest BCUT2D eigenvalue weighted by molar-refractivity contribution is -0.149. The molecule has 0 saturated carbocycles. The van der Waals surface area contributed by atoms with E-state index in [4.69, 9.17) is 12.2 Å². The van der Waals surface area contributed by atoms with E-state index in [0.29, 0.717) is 6.54 Å². The van der Waals surface area contributed by atoms with Crippen molar-refractivity contribution in [2.75, 3.05) is 20.8 Å². The average molecular weight is 293 g/mol. The summed E-state index contributed by atoms with van der Waals surface area (Å²) in [5.41, 5.74) is 0. The monoisotopic (exact) mass is 293 g/mol. The van der Waals surface area contributed by atoms with E-state index in [1.165, 1.54) is 18.5 Å². The number of carbonyl (C=O) groups is 2. The molecular formula is C11H19NO4S2. The second-order valence-corrected chi connectivity index (χ2v) is 4.57. The van der Waals surface area contributed by atoms with Crippen LogP contribution in [0.2, 0.25) is 0 Å². The molecule has 0 N–H and O–H groups in total. The van der Waals surface area contributed by atoms with Crippen LogP contribution in [0, 0.1) is 5.92 Å². The van der Waals surface area contributed by atoms with Gasteiger partial charge in [0.15, 0.2) is 0 Å². The SMILES string of the molecule is CCCCN(S)C(=S)C(CC(=O)OC)C(=O)OC. The minimum absolute atomic E-state index is 0.134. The molecule has 0 aliphatic carbocycles. The summed E-state index contributed by atoms with van der Waals surface area (Å²) in [6.07, 6.45) is 1.75. The fourth-order valence-electron chi connectivity index (χ4n) is 1.26. The van der Waals surface area contributed by atoms with Crippen LogP contribution in [0.4, 0.5) is 0 Å². The van der Waals surface area contributed by atoms with Gasteiger partial charge in [0.1, 0.15) is 10.9 Å². The Morgan fingerprint density at radius 3 is 2.39 bits per heavy atom. The maximum absolute atomic E-state index is 11.6. The molecule has 7 heteroatoms. The molecule has 0 bridgehead atoms. The number of nitrogens with zero attached hydrogens (tertiary/aromatic N) is 1. The summed E-state index contributed by atoms with van der Waals surface area (Å²) in [6, 6.07) is 0. The summed E-state index contributed by atoms with van der Waals surface area (Å²) in [5.74, 6) is -1.89. The maximum atomic E-state index is 11.6. The number of unbranched alkanes of at least 4 members (excludes halogenated alkanes) is 1. The molecule has 0 aromatic rings. The van der Waals surface area contributed by atoms with Gasteiger partial charge in [0, 0.05) is 6.54 Å². The lowest BCUT2D eigenvalue weighted by Gasteiger charge is -2.23. The first-order valence-corrected chi connectivity index (χ1v) is 6.43. The highest BCUT2D eigenvalue weighted by molar-refractivity contribution is 7.84. The van der Waals surface area contributed by atoms with Crippen LogP contribution in [-0.2, 0) is 19.1 Å². The summed E-state index contributed by atoms with van der Waals surface area (Å²) in [4.78, 5) is 23.1. The predicted molar refractivity (Wildman–Crippen MR) is 75.3 cm³/mol. The van der Waals surface area contributed by atoms with E-state index in [-0.39, 0.29) is 11.4 Å². The third-order valence-corrected chi connectivity index (χ3v) is 3.42. The number of carbonyl (C=O) groups excluding carboxylic acids is 2. The molecule has 0 fully saturated rings. The number of hydrogen-bond donors (Lipinski definition) is 1. The van der Waals surface area contributed by atoms with Gasteiger partial charge in [-0.3, -0.25) is 9.59 Å². The van der Waals surface area contributed by atoms with Crippen LogP contribution in [0.3, 0.4) is 0 Å². The van der Waals surface area contributed by atoms with Gasteiger partial charge < -0.3 is 13.8 Å². The second-order valence-electron chi connectivity index (χ2n) is 3.67. The molecule has 0 radical (unpaired) electrons. The summed E-state index contributed by atoms with van der Waals surface area (Å²) in [5, 5.41) is 0. The van der Waals surface area contributed by atoms with Crippen molar-refractivity contribution in [1.82, 2.24) is 4.31 Å². The van der Waals surface area contributed by atoms with Crippen molar-refractivity contribution in [3.05, 3.63) is 0 Å². The largest absolute Gasteiger partial charge is 0.469 e. The van der Waals surface area contributed by atoms with Crippen LogP contribution in [0.25, 0.3) is 0 Å². The quantitative estimate of drug-likeness (QED) is 0.437. The molecule has 0 spiro atoms. The molecular weight excluding hydrogens is 274 g/mol. The third-order valence-electron chi connectivity index (χ3n) is 2.36. The van der Waals surface area contributed by atoms with Gasteiger partial charge in [-0.25, -0.2) is 0 Å². The van der Waals surface area contributed by atoms with Gasteiger partial charge in [-0.15, -0.1) is 0 Å². The van der Waals surface area contributed by atoms with Crippen molar-refractivity contribution in [2.24, 2.45) is 5.92 Å². The topological polar surface area (TPSA) is 55.8 Å². The Labute approximate surface area is 118 Å². The Morgan fingerprint density at radius 2 is 1.94 bits per heavy atom. The maximum Gasteiger partial charge on any atom is 0.316 e. The Bertz CT molecular complexity index is 309. The Hall–Kier alpha value is -0.820. The molecule has 0 amide bonds. The van der Waals surface area contributed by atoms with Crippen LogP contribution in [-0.4, -0.2) is 42.0 Å². The molecule has 0 aromatic carbocycles.